The summed E-state index contributed by atoms with van der Waals surface area (Å²) in [6, 6.07) is 8.67. The van der Waals surface area contributed by atoms with E-state index < -0.39 is 0 Å². The van der Waals surface area contributed by atoms with E-state index >= 15 is 0 Å². The van der Waals surface area contributed by atoms with Crippen LogP contribution in [0.4, 0.5) is 5.69 Å². The number of halogens is 2. The first-order chi connectivity index (χ1) is 11.9. The summed E-state index contributed by atoms with van der Waals surface area (Å²) in [5.74, 6) is -0.399. The van der Waals surface area contributed by atoms with Gasteiger partial charge in [-0.3, -0.25) is 14.6 Å². The van der Waals surface area contributed by atoms with Crippen molar-refractivity contribution in [1.29, 1.82) is 0 Å². The second kappa shape index (κ2) is 8.83. The van der Waals surface area contributed by atoms with Crippen LogP contribution in [0.15, 0.2) is 42.7 Å². The normalized spacial score (nSPS) is 10.4. The summed E-state index contributed by atoms with van der Waals surface area (Å²) >= 11 is 11.9. The monoisotopic (exact) mass is 379 g/mol. The number of likely N-dealkylation sites (N-methyl/N-ethyl adjacent to an activating group) is 1. The van der Waals surface area contributed by atoms with Crippen LogP contribution in [0.5, 0.6) is 0 Å². The number of amides is 2. The van der Waals surface area contributed by atoms with Gasteiger partial charge in [-0.2, -0.15) is 0 Å². The lowest BCUT2D eigenvalue weighted by atomic mass is 10.2. The van der Waals surface area contributed by atoms with Gasteiger partial charge in [-0.1, -0.05) is 23.2 Å². The minimum atomic E-state index is -0.241. The van der Waals surface area contributed by atoms with Crippen LogP contribution in [0.1, 0.15) is 12.5 Å². The highest BCUT2D eigenvalue weighted by Gasteiger charge is 2.19. The molecule has 132 valence electrons. The molecule has 2 amide bonds. The van der Waals surface area contributed by atoms with Gasteiger partial charge in [0.05, 0.1) is 10.0 Å². The maximum absolute atomic E-state index is 12.5. The molecule has 2 aromatic rings. The average Bonchev–Trinajstić information content (AvgIpc) is 2.60. The van der Waals surface area contributed by atoms with Crippen LogP contribution in [0.25, 0.3) is 0 Å². The van der Waals surface area contributed by atoms with Crippen molar-refractivity contribution in [3.05, 3.63) is 58.3 Å². The first-order valence-corrected chi connectivity index (χ1v) is 8.50. The Morgan fingerprint density at radius 3 is 2.36 bits per heavy atom. The third-order valence-corrected chi connectivity index (χ3v) is 4.54. The molecule has 0 fully saturated rings. The topological polar surface area (TPSA) is 53.5 Å². The van der Waals surface area contributed by atoms with Gasteiger partial charge in [0.25, 0.3) is 0 Å². The highest BCUT2D eigenvalue weighted by atomic mass is 35.5. The fourth-order valence-corrected chi connectivity index (χ4v) is 2.56. The van der Waals surface area contributed by atoms with E-state index in [4.69, 9.17) is 23.2 Å². The van der Waals surface area contributed by atoms with Crippen LogP contribution >= 0.6 is 23.2 Å². The zero-order valence-corrected chi connectivity index (χ0v) is 15.6. The number of benzene rings is 1. The van der Waals surface area contributed by atoms with E-state index in [0.29, 0.717) is 22.3 Å². The van der Waals surface area contributed by atoms with Crippen molar-refractivity contribution in [3.63, 3.8) is 0 Å². The lowest BCUT2D eigenvalue weighted by Gasteiger charge is -2.24. The van der Waals surface area contributed by atoms with Gasteiger partial charge in [0.2, 0.25) is 11.8 Å². The predicted molar refractivity (Wildman–Crippen MR) is 100 cm³/mol. The number of aromatic nitrogens is 1. The van der Waals surface area contributed by atoms with Gasteiger partial charge in [-0.25, -0.2) is 0 Å². The van der Waals surface area contributed by atoms with Crippen LogP contribution in [0, 0.1) is 0 Å². The van der Waals surface area contributed by atoms with Crippen molar-refractivity contribution < 1.29 is 9.59 Å². The smallest absolute Gasteiger partial charge is 0.242 e. The highest BCUT2D eigenvalue weighted by molar-refractivity contribution is 6.42. The summed E-state index contributed by atoms with van der Waals surface area (Å²) in [6.45, 7) is 1.91. The van der Waals surface area contributed by atoms with E-state index in [1.165, 1.54) is 11.8 Å². The summed E-state index contributed by atoms with van der Waals surface area (Å²) in [5.41, 5.74) is 1.64. The van der Waals surface area contributed by atoms with Crippen LogP contribution in [0.3, 0.4) is 0 Å². The standard InChI is InChI=1S/C18H19Cl2N3O2/c1-13(24)23(15-3-4-16(19)17(20)11-15)12-18(25)22(2)10-7-14-5-8-21-9-6-14/h3-6,8-9,11H,7,10,12H2,1-2H3. The van der Waals surface area contributed by atoms with E-state index in [0.717, 1.165) is 12.0 Å². The van der Waals surface area contributed by atoms with Crippen LogP contribution in [-0.2, 0) is 16.0 Å². The third kappa shape index (κ3) is 5.44. The van der Waals surface area contributed by atoms with E-state index in [9.17, 15) is 9.59 Å². The van der Waals surface area contributed by atoms with Crippen molar-refractivity contribution in [2.24, 2.45) is 0 Å². The molecule has 0 aliphatic rings. The Kier molecular flexibility index (Phi) is 6.79. The van der Waals surface area contributed by atoms with E-state index in [1.807, 2.05) is 12.1 Å². The number of hydrogen-bond acceptors (Lipinski definition) is 3. The second-order valence-corrected chi connectivity index (χ2v) is 6.44. The molecule has 0 unspecified atom stereocenters. The van der Waals surface area contributed by atoms with Crippen LogP contribution in [-0.4, -0.2) is 41.8 Å². The zero-order valence-electron chi connectivity index (χ0n) is 14.1. The Hall–Kier alpha value is -2.11. The van der Waals surface area contributed by atoms with Gasteiger partial charge in [-0.05, 0) is 42.3 Å². The average molecular weight is 380 g/mol. The molecule has 1 aromatic carbocycles. The molecule has 1 heterocycles. The molecule has 2 rings (SSSR count). The Balaban J connectivity index is 2.01. The molecule has 0 aliphatic heterocycles. The quantitative estimate of drug-likeness (QED) is 0.772. The van der Waals surface area contributed by atoms with Gasteiger partial charge >= 0.3 is 0 Å². The van der Waals surface area contributed by atoms with Gasteiger partial charge in [-0.15, -0.1) is 0 Å². The predicted octanol–water partition coefficient (Wildman–Crippen LogP) is 3.44. The molecule has 25 heavy (non-hydrogen) atoms. The third-order valence-electron chi connectivity index (χ3n) is 3.80. The number of carbonyl (C=O) groups is 2. The summed E-state index contributed by atoms with van der Waals surface area (Å²) < 4.78 is 0. The van der Waals surface area contributed by atoms with E-state index in [1.54, 1.807) is 42.5 Å². The van der Waals surface area contributed by atoms with Crippen LogP contribution < -0.4 is 4.90 Å². The Morgan fingerprint density at radius 1 is 1.08 bits per heavy atom. The number of hydrogen-bond donors (Lipinski definition) is 0. The summed E-state index contributed by atoms with van der Waals surface area (Å²) in [5, 5.41) is 0.735. The maximum Gasteiger partial charge on any atom is 0.242 e. The maximum atomic E-state index is 12.5. The van der Waals surface area contributed by atoms with Crippen molar-refractivity contribution >= 4 is 40.7 Å². The molecular formula is C18H19Cl2N3O2. The van der Waals surface area contributed by atoms with Gasteiger partial charge < -0.3 is 9.80 Å². The van der Waals surface area contributed by atoms with Crippen molar-refractivity contribution in [3.8, 4) is 0 Å². The molecule has 7 heteroatoms. The largest absolute Gasteiger partial charge is 0.344 e. The van der Waals surface area contributed by atoms with Crippen LogP contribution in [0.2, 0.25) is 10.0 Å². The summed E-state index contributed by atoms with van der Waals surface area (Å²) in [4.78, 5) is 31.4. The van der Waals surface area contributed by atoms with Gasteiger partial charge in [0, 0.05) is 38.6 Å². The number of rotatable bonds is 6. The number of carbonyl (C=O) groups excluding carboxylic acids is 2. The number of nitrogens with zero attached hydrogens (tertiary/aromatic N) is 3. The molecule has 0 bridgehead atoms. The van der Waals surface area contributed by atoms with E-state index in [-0.39, 0.29) is 18.4 Å². The Morgan fingerprint density at radius 2 is 1.76 bits per heavy atom. The molecule has 1 aromatic heterocycles. The SMILES string of the molecule is CC(=O)N(CC(=O)N(C)CCc1ccncc1)c1ccc(Cl)c(Cl)c1. The van der Waals surface area contributed by atoms with Crippen molar-refractivity contribution in [2.45, 2.75) is 13.3 Å². The second-order valence-electron chi connectivity index (χ2n) is 5.62. The molecular weight excluding hydrogens is 361 g/mol. The number of anilines is 1. The lowest BCUT2D eigenvalue weighted by molar-refractivity contribution is -0.130. The van der Waals surface area contributed by atoms with Gasteiger partial charge in [0.15, 0.2) is 0 Å². The lowest BCUT2D eigenvalue weighted by Crippen LogP contribution is -2.41. The molecule has 0 radical (unpaired) electrons. The molecule has 0 saturated heterocycles. The van der Waals surface area contributed by atoms with E-state index in [2.05, 4.69) is 4.98 Å². The highest BCUT2D eigenvalue weighted by Crippen LogP contribution is 2.27. The fraction of sp³-hybridized carbons (Fsp3) is 0.278. The minimum Gasteiger partial charge on any atom is -0.344 e. The zero-order chi connectivity index (χ0) is 18.4. The molecule has 0 saturated carbocycles. The molecule has 0 aliphatic carbocycles. The molecule has 0 N–H and O–H groups in total. The number of pyridine rings is 1. The first kappa shape index (κ1) is 19.2. The summed E-state index contributed by atoms with van der Waals surface area (Å²) in [6.07, 6.45) is 4.16. The Bertz CT molecular complexity index is 753. The van der Waals surface area contributed by atoms with Gasteiger partial charge in [0.1, 0.15) is 6.54 Å². The molecule has 0 atom stereocenters. The Labute approximate surface area is 157 Å². The summed E-state index contributed by atoms with van der Waals surface area (Å²) in [7, 11) is 1.72. The molecule has 5 nitrogen and oxygen atoms in total. The molecule has 0 spiro atoms. The van der Waals surface area contributed by atoms with Crippen molar-refractivity contribution in [1.82, 2.24) is 9.88 Å². The fourth-order valence-electron chi connectivity index (χ4n) is 2.26. The first-order valence-electron chi connectivity index (χ1n) is 7.74. The minimum absolute atomic E-state index is 0.0554. The van der Waals surface area contributed by atoms with Crippen molar-refractivity contribution in [2.75, 3.05) is 25.0 Å².